The summed E-state index contributed by atoms with van der Waals surface area (Å²) in [6.45, 7) is -0.267. The molecule has 0 bridgehead atoms. The second-order valence-electron chi connectivity index (χ2n) is 3.14. The molecule has 0 aliphatic carbocycles. The number of nitrogens with one attached hydrogen (secondary N) is 1. The summed E-state index contributed by atoms with van der Waals surface area (Å²) in [6, 6.07) is 1.25. The van der Waals surface area contributed by atoms with E-state index in [0.717, 1.165) is 0 Å². The molecule has 2 unspecified atom stereocenters. The lowest BCUT2D eigenvalue weighted by atomic mass is 10.1. The molecule has 0 aliphatic heterocycles. The highest BCUT2D eigenvalue weighted by Gasteiger charge is 2.18. The van der Waals surface area contributed by atoms with E-state index in [1.165, 1.54) is 12.3 Å². The third-order valence-corrected chi connectivity index (χ3v) is 1.99. The van der Waals surface area contributed by atoms with Crippen molar-refractivity contribution in [2.75, 3.05) is 12.3 Å². The minimum Gasteiger partial charge on any atom is -0.394 e. The summed E-state index contributed by atoms with van der Waals surface area (Å²) >= 11 is 0. The van der Waals surface area contributed by atoms with Crippen molar-refractivity contribution in [2.45, 2.75) is 12.2 Å². The SMILES string of the molecule is [N-]=[N+]=NCC(O)C(O)c1c[nH]c(=O)c(N)c1. The quantitative estimate of drug-likeness (QED) is 0.315. The van der Waals surface area contributed by atoms with Crippen molar-refractivity contribution < 1.29 is 10.2 Å². The van der Waals surface area contributed by atoms with Gasteiger partial charge in [-0.2, -0.15) is 0 Å². The van der Waals surface area contributed by atoms with E-state index < -0.39 is 17.8 Å². The van der Waals surface area contributed by atoms with Crippen molar-refractivity contribution in [3.05, 3.63) is 38.6 Å². The van der Waals surface area contributed by atoms with Crippen molar-refractivity contribution >= 4 is 5.69 Å². The van der Waals surface area contributed by atoms with Gasteiger partial charge in [-0.15, -0.1) is 0 Å². The summed E-state index contributed by atoms with van der Waals surface area (Å²) in [7, 11) is 0. The summed E-state index contributed by atoms with van der Waals surface area (Å²) in [5.74, 6) is 0. The Balaban J connectivity index is 2.87. The molecule has 0 fully saturated rings. The fraction of sp³-hybridized carbons (Fsp3) is 0.375. The average Bonchev–Trinajstić information content (AvgIpc) is 2.28. The Bertz CT molecular complexity index is 465. The maximum atomic E-state index is 10.9. The molecule has 8 heteroatoms. The third kappa shape index (κ3) is 2.74. The van der Waals surface area contributed by atoms with Crippen LogP contribution in [0.25, 0.3) is 10.4 Å². The molecule has 86 valence electrons. The van der Waals surface area contributed by atoms with Gasteiger partial charge in [-0.1, -0.05) is 5.11 Å². The summed E-state index contributed by atoms with van der Waals surface area (Å²) in [5.41, 5.74) is 13.1. The predicted octanol–water partition coefficient (Wildman–Crippen LogP) is -0.338. The van der Waals surface area contributed by atoms with Gasteiger partial charge in [0.25, 0.3) is 5.56 Å². The standard InChI is InChI=1S/C8H11N5O3/c9-5-1-4(2-11-8(5)16)7(15)6(14)3-12-13-10/h1-2,6-7,14-15H,3,9H2,(H,11,16). The fourth-order valence-electron chi connectivity index (χ4n) is 1.13. The van der Waals surface area contributed by atoms with Crippen LogP contribution in [0.3, 0.4) is 0 Å². The van der Waals surface area contributed by atoms with Crippen molar-refractivity contribution in [1.82, 2.24) is 4.98 Å². The van der Waals surface area contributed by atoms with Gasteiger partial charge >= 0.3 is 0 Å². The Kier molecular flexibility index (Phi) is 3.90. The molecule has 0 saturated carbocycles. The average molecular weight is 225 g/mol. The number of nitrogen functional groups attached to an aromatic ring is 1. The molecule has 8 nitrogen and oxygen atoms in total. The summed E-state index contributed by atoms with van der Waals surface area (Å²) < 4.78 is 0. The maximum absolute atomic E-state index is 10.9. The summed E-state index contributed by atoms with van der Waals surface area (Å²) in [4.78, 5) is 15.7. The monoisotopic (exact) mass is 225 g/mol. The smallest absolute Gasteiger partial charge is 0.271 e. The molecule has 2 atom stereocenters. The molecule has 0 aromatic carbocycles. The summed E-state index contributed by atoms with van der Waals surface area (Å²) in [5, 5.41) is 22.2. The number of anilines is 1. The first-order chi connectivity index (χ1) is 7.56. The van der Waals surface area contributed by atoms with E-state index in [1.807, 2.05) is 0 Å². The van der Waals surface area contributed by atoms with Gasteiger partial charge in [-0.3, -0.25) is 4.79 Å². The highest BCUT2D eigenvalue weighted by Crippen LogP contribution is 2.16. The normalized spacial score (nSPS) is 13.9. The number of aromatic amines is 1. The van der Waals surface area contributed by atoms with Gasteiger partial charge < -0.3 is 20.9 Å². The molecule has 0 radical (unpaired) electrons. The second-order valence-corrected chi connectivity index (χ2v) is 3.14. The van der Waals surface area contributed by atoms with Crippen molar-refractivity contribution in [3.63, 3.8) is 0 Å². The first-order valence-corrected chi connectivity index (χ1v) is 4.41. The fourth-order valence-corrected chi connectivity index (χ4v) is 1.13. The highest BCUT2D eigenvalue weighted by atomic mass is 16.3. The number of aliphatic hydroxyl groups excluding tert-OH is 2. The van der Waals surface area contributed by atoms with Gasteiger partial charge in [0.15, 0.2) is 0 Å². The number of hydrogen-bond donors (Lipinski definition) is 4. The van der Waals surface area contributed by atoms with Crippen molar-refractivity contribution in [3.8, 4) is 0 Å². The zero-order valence-corrected chi connectivity index (χ0v) is 8.24. The number of nitrogens with zero attached hydrogens (tertiary/aromatic N) is 3. The molecule has 0 spiro atoms. The van der Waals surface area contributed by atoms with E-state index >= 15 is 0 Å². The van der Waals surface area contributed by atoms with Crippen LogP contribution < -0.4 is 11.3 Å². The Morgan fingerprint density at radius 3 is 2.88 bits per heavy atom. The molecule has 1 rings (SSSR count). The first-order valence-electron chi connectivity index (χ1n) is 4.41. The van der Waals surface area contributed by atoms with Crippen molar-refractivity contribution in [1.29, 1.82) is 0 Å². The van der Waals surface area contributed by atoms with Crippen LogP contribution in [0, 0.1) is 0 Å². The molecule has 1 aromatic heterocycles. The molecule has 1 aromatic rings. The van der Waals surface area contributed by atoms with Gasteiger partial charge in [0.1, 0.15) is 6.10 Å². The van der Waals surface area contributed by atoms with E-state index in [9.17, 15) is 15.0 Å². The number of aromatic nitrogens is 1. The van der Waals surface area contributed by atoms with E-state index in [0.29, 0.717) is 0 Å². The van der Waals surface area contributed by atoms with Crippen LogP contribution in [0.1, 0.15) is 11.7 Å². The van der Waals surface area contributed by atoms with Crippen LogP contribution in [0.2, 0.25) is 0 Å². The number of H-pyrrole nitrogens is 1. The predicted molar refractivity (Wildman–Crippen MR) is 56.5 cm³/mol. The van der Waals surface area contributed by atoms with Gasteiger partial charge in [-0.25, -0.2) is 0 Å². The lowest BCUT2D eigenvalue weighted by Gasteiger charge is -2.15. The van der Waals surface area contributed by atoms with Gasteiger partial charge in [0.05, 0.1) is 18.3 Å². The minimum atomic E-state index is -1.27. The Morgan fingerprint density at radius 2 is 2.31 bits per heavy atom. The molecule has 16 heavy (non-hydrogen) atoms. The van der Waals surface area contributed by atoms with Crippen LogP contribution in [0.15, 0.2) is 22.2 Å². The lowest BCUT2D eigenvalue weighted by Crippen LogP contribution is -2.22. The molecule has 5 N–H and O–H groups in total. The topological polar surface area (TPSA) is 148 Å². The first kappa shape index (κ1) is 12.1. The molecular formula is C8H11N5O3. The van der Waals surface area contributed by atoms with E-state index in [1.54, 1.807) is 0 Å². The van der Waals surface area contributed by atoms with E-state index in [-0.39, 0.29) is 17.8 Å². The van der Waals surface area contributed by atoms with E-state index in [4.69, 9.17) is 11.3 Å². The number of hydrogen-bond acceptors (Lipinski definition) is 5. The number of aliphatic hydroxyl groups is 2. The second kappa shape index (κ2) is 5.17. The largest absolute Gasteiger partial charge is 0.394 e. The zero-order valence-electron chi connectivity index (χ0n) is 8.24. The number of rotatable bonds is 4. The van der Waals surface area contributed by atoms with E-state index in [2.05, 4.69) is 15.0 Å². The maximum Gasteiger partial charge on any atom is 0.271 e. The summed E-state index contributed by atoms with van der Waals surface area (Å²) in [6.07, 6.45) is -1.28. The van der Waals surface area contributed by atoms with Crippen molar-refractivity contribution in [2.24, 2.45) is 5.11 Å². The Hall–Kier alpha value is -2.02. The molecule has 0 aliphatic rings. The number of pyridine rings is 1. The molecule has 0 saturated heterocycles. The third-order valence-electron chi connectivity index (χ3n) is 1.99. The number of nitrogens with two attached hydrogens (primary N) is 1. The molecule has 1 heterocycles. The van der Waals surface area contributed by atoms with Gasteiger partial charge in [0, 0.05) is 16.7 Å². The molecule has 0 amide bonds. The van der Waals surface area contributed by atoms with Crippen LogP contribution in [0.4, 0.5) is 5.69 Å². The molecular weight excluding hydrogens is 214 g/mol. The number of azide groups is 1. The van der Waals surface area contributed by atoms with Gasteiger partial charge in [0.2, 0.25) is 0 Å². The Labute approximate surface area is 90.0 Å². The van der Waals surface area contributed by atoms with Gasteiger partial charge in [-0.05, 0) is 11.6 Å². The van der Waals surface area contributed by atoms with Crippen LogP contribution >= 0.6 is 0 Å². The van der Waals surface area contributed by atoms with Crippen LogP contribution in [0.5, 0.6) is 0 Å². The minimum absolute atomic E-state index is 0.0625. The zero-order chi connectivity index (χ0) is 12.1. The lowest BCUT2D eigenvalue weighted by molar-refractivity contribution is 0.0242. The van der Waals surface area contributed by atoms with Crippen LogP contribution in [-0.2, 0) is 0 Å². The Morgan fingerprint density at radius 1 is 1.62 bits per heavy atom. The highest BCUT2D eigenvalue weighted by molar-refractivity contribution is 5.38. The van der Waals surface area contributed by atoms with Crippen LogP contribution in [-0.4, -0.2) is 27.8 Å².